The number of thioether (sulfide) groups is 1. The molecule has 0 unspecified atom stereocenters. The first-order valence-electron chi connectivity index (χ1n) is 11.4. The van der Waals surface area contributed by atoms with Gasteiger partial charge in [0.05, 0.1) is 10.1 Å². The standard InChI is InChI=1S/C23H32N4O4S2/c1-4-27(5-2)33(29,30)20-13-9-12-19(16-20)22-25-26-23(31-22)32-17(3)21(28)24-15-14-18-10-7-6-8-11-18/h9-10,12-13,16-17H,4-8,11,14-15H2,1-3H3,(H,24,28)/t17-/m0/s1. The lowest BCUT2D eigenvalue weighted by Gasteiger charge is -2.18. The van der Waals surface area contributed by atoms with Crippen LogP contribution in [0.5, 0.6) is 0 Å². The monoisotopic (exact) mass is 492 g/mol. The maximum atomic E-state index is 12.8. The molecule has 1 atom stereocenters. The highest BCUT2D eigenvalue weighted by atomic mass is 32.2. The maximum Gasteiger partial charge on any atom is 0.277 e. The Bertz CT molecular complexity index is 1080. The normalized spacial score (nSPS) is 15.3. The molecule has 1 amide bonds. The minimum absolute atomic E-state index is 0.0801. The highest BCUT2D eigenvalue weighted by Gasteiger charge is 2.23. The lowest BCUT2D eigenvalue weighted by Crippen LogP contribution is -2.31. The summed E-state index contributed by atoms with van der Waals surface area (Å²) in [7, 11) is -3.59. The van der Waals surface area contributed by atoms with E-state index in [1.807, 2.05) is 0 Å². The van der Waals surface area contributed by atoms with E-state index in [1.54, 1.807) is 39.0 Å². The molecule has 0 bridgehead atoms. The van der Waals surface area contributed by atoms with E-state index in [9.17, 15) is 13.2 Å². The van der Waals surface area contributed by atoms with Crippen molar-refractivity contribution in [3.8, 4) is 11.5 Å². The number of amides is 1. The number of sulfonamides is 1. The smallest absolute Gasteiger partial charge is 0.277 e. The Labute approximate surface area is 200 Å². The van der Waals surface area contributed by atoms with Gasteiger partial charge in [-0.05, 0) is 57.2 Å². The second kappa shape index (κ2) is 11.8. The largest absolute Gasteiger partial charge is 0.411 e. The van der Waals surface area contributed by atoms with E-state index in [2.05, 4.69) is 21.6 Å². The fourth-order valence-electron chi connectivity index (χ4n) is 3.70. The van der Waals surface area contributed by atoms with E-state index in [4.69, 9.17) is 4.42 Å². The molecule has 180 valence electrons. The second-order valence-corrected chi connectivity index (χ2v) is 11.1. The summed E-state index contributed by atoms with van der Waals surface area (Å²) >= 11 is 1.18. The Kier molecular flexibility index (Phi) is 9.10. The molecular weight excluding hydrogens is 460 g/mol. The molecule has 8 nitrogen and oxygen atoms in total. The van der Waals surface area contributed by atoms with Crippen molar-refractivity contribution < 1.29 is 17.6 Å². The summed E-state index contributed by atoms with van der Waals surface area (Å²) in [5.74, 6) is 0.134. The molecule has 0 radical (unpaired) electrons. The zero-order valence-corrected chi connectivity index (χ0v) is 21.0. The van der Waals surface area contributed by atoms with Gasteiger partial charge in [0.2, 0.25) is 21.8 Å². The van der Waals surface area contributed by atoms with Gasteiger partial charge in [0.1, 0.15) is 0 Å². The number of aromatic nitrogens is 2. The number of hydrogen-bond donors (Lipinski definition) is 1. The number of carbonyl (C=O) groups is 1. The van der Waals surface area contributed by atoms with E-state index in [1.165, 1.54) is 40.5 Å². The molecule has 1 heterocycles. The average molecular weight is 493 g/mol. The second-order valence-electron chi connectivity index (χ2n) is 7.90. The predicted molar refractivity (Wildman–Crippen MR) is 129 cm³/mol. The van der Waals surface area contributed by atoms with Gasteiger partial charge in [0, 0.05) is 25.2 Å². The Morgan fingerprint density at radius 3 is 2.73 bits per heavy atom. The molecule has 0 aliphatic heterocycles. The van der Waals surface area contributed by atoms with E-state index >= 15 is 0 Å². The number of nitrogens with zero attached hydrogens (tertiary/aromatic N) is 3. The van der Waals surface area contributed by atoms with Crippen molar-refractivity contribution in [2.24, 2.45) is 0 Å². The summed E-state index contributed by atoms with van der Waals surface area (Å²) in [5.41, 5.74) is 1.94. The SMILES string of the molecule is CCN(CC)S(=O)(=O)c1cccc(-c2nnc(S[C@@H](C)C(=O)NCCC3=CCCCC3)o2)c1. The topological polar surface area (TPSA) is 105 Å². The van der Waals surface area contributed by atoms with Crippen LogP contribution in [0, 0.1) is 0 Å². The average Bonchev–Trinajstić information content (AvgIpc) is 3.29. The third kappa shape index (κ3) is 6.68. The number of hydrogen-bond acceptors (Lipinski definition) is 7. The molecule has 0 fully saturated rings. The van der Waals surface area contributed by atoms with Crippen LogP contribution < -0.4 is 5.32 Å². The summed E-state index contributed by atoms with van der Waals surface area (Å²) in [5, 5.41) is 10.9. The third-order valence-corrected chi connectivity index (χ3v) is 8.59. The Balaban J connectivity index is 1.60. The summed E-state index contributed by atoms with van der Waals surface area (Å²) < 4.78 is 32.7. The third-order valence-electron chi connectivity index (χ3n) is 5.61. The fraction of sp³-hybridized carbons (Fsp3) is 0.522. The van der Waals surface area contributed by atoms with Crippen LogP contribution in [0.2, 0.25) is 0 Å². The number of benzene rings is 1. The van der Waals surface area contributed by atoms with Crippen LogP contribution in [0.25, 0.3) is 11.5 Å². The zero-order chi connectivity index (χ0) is 23.8. The molecular formula is C23H32N4O4S2. The van der Waals surface area contributed by atoms with Crippen molar-refractivity contribution in [2.75, 3.05) is 19.6 Å². The van der Waals surface area contributed by atoms with Gasteiger partial charge in [-0.15, -0.1) is 10.2 Å². The highest BCUT2D eigenvalue weighted by Crippen LogP contribution is 2.28. The Morgan fingerprint density at radius 1 is 1.24 bits per heavy atom. The van der Waals surface area contributed by atoms with Crippen molar-refractivity contribution in [1.29, 1.82) is 0 Å². The van der Waals surface area contributed by atoms with Crippen LogP contribution >= 0.6 is 11.8 Å². The molecule has 1 aliphatic carbocycles. The summed E-state index contributed by atoms with van der Waals surface area (Å²) in [6.45, 7) is 6.80. The molecule has 1 N–H and O–H groups in total. The van der Waals surface area contributed by atoms with Crippen molar-refractivity contribution in [1.82, 2.24) is 19.8 Å². The molecule has 2 aromatic rings. The molecule has 1 aromatic carbocycles. The van der Waals surface area contributed by atoms with Gasteiger partial charge in [-0.3, -0.25) is 4.79 Å². The van der Waals surface area contributed by atoms with Crippen LogP contribution in [0.1, 0.15) is 52.9 Å². The lowest BCUT2D eigenvalue weighted by atomic mass is 9.97. The predicted octanol–water partition coefficient (Wildman–Crippen LogP) is 4.25. The first-order valence-corrected chi connectivity index (χ1v) is 13.7. The van der Waals surface area contributed by atoms with Crippen LogP contribution in [-0.2, 0) is 14.8 Å². The zero-order valence-electron chi connectivity index (χ0n) is 19.4. The minimum Gasteiger partial charge on any atom is -0.411 e. The number of rotatable bonds is 11. The molecule has 33 heavy (non-hydrogen) atoms. The Hall–Kier alpha value is -2.17. The number of carbonyl (C=O) groups excluding carboxylic acids is 1. The van der Waals surface area contributed by atoms with Gasteiger partial charge < -0.3 is 9.73 Å². The quantitative estimate of drug-likeness (QED) is 0.369. The summed E-state index contributed by atoms with van der Waals surface area (Å²) in [6, 6.07) is 6.46. The molecule has 0 saturated carbocycles. The van der Waals surface area contributed by atoms with Crippen LogP contribution in [0.3, 0.4) is 0 Å². The Morgan fingerprint density at radius 2 is 2.03 bits per heavy atom. The van der Waals surface area contributed by atoms with Gasteiger partial charge in [-0.1, -0.05) is 43.3 Å². The lowest BCUT2D eigenvalue weighted by molar-refractivity contribution is -0.120. The van der Waals surface area contributed by atoms with Gasteiger partial charge in [0.15, 0.2) is 0 Å². The molecule has 3 rings (SSSR count). The highest BCUT2D eigenvalue weighted by molar-refractivity contribution is 8.00. The first kappa shape index (κ1) is 25.5. The summed E-state index contributed by atoms with van der Waals surface area (Å²) in [4.78, 5) is 12.6. The molecule has 1 aliphatic rings. The maximum absolute atomic E-state index is 12.8. The van der Waals surface area contributed by atoms with Crippen molar-refractivity contribution >= 4 is 27.7 Å². The fourth-order valence-corrected chi connectivity index (χ4v) is 5.91. The van der Waals surface area contributed by atoms with E-state index < -0.39 is 15.3 Å². The van der Waals surface area contributed by atoms with Gasteiger partial charge in [-0.25, -0.2) is 8.42 Å². The van der Waals surface area contributed by atoms with Gasteiger partial charge in [-0.2, -0.15) is 4.31 Å². The molecule has 1 aromatic heterocycles. The van der Waals surface area contributed by atoms with Crippen LogP contribution in [-0.4, -0.2) is 53.7 Å². The van der Waals surface area contributed by atoms with Crippen molar-refractivity contribution in [2.45, 2.75) is 68.2 Å². The van der Waals surface area contributed by atoms with Crippen molar-refractivity contribution in [3.05, 3.63) is 35.9 Å². The molecule has 10 heteroatoms. The minimum atomic E-state index is -3.59. The number of allylic oxidation sites excluding steroid dienone is 1. The van der Waals surface area contributed by atoms with E-state index in [0.29, 0.717) is 25.2 Å². The number of nitrogens with one attached hydrogen (secondary N) is 1. The summed E-state index contributed by atoms with van der Waals surface area (Å²) in [6.07, 6.45) is 7.93. The van der Waals surface area contributed by atoms with E-state index in [0.717, 1.165) is 19.3 Å². The molecule has 0 spiro atoms. The van der Waals surface area contributed by atoms with Crippen LogP contribution in [0.4, 0.5) is 0 Å². The van der Waals surface area contributed by atoms with E-state index in [-0.39, 0.29) is 21.9 Å². The van der Waals surface area contributed by atoms with Gasteiger partial charge in [0.25, 0.3) is 5.22 Å². The van der Waals surface area contributed by atoms with Crippen LogP contribution in [0.15, 0.2) is 50.4 Å². The van der Waals surface area contributed by atoms with Crippen molar-refractivity contribution in [3.63, 3.8) is 0 Å². The first-order chi connectivity index (χ1) is 15.8. The molecule has 0 saturated heterocycles. The van der Waals surface area contributed by atoms with Gasteiger partial charge >= 0.3 is 0 Å².